The molecule has 60 valence electrons. The summed E-state index contributed by atoms with van der Waals surface area (Å²) in [4.78, 5) is 0. The van der Waals surface area contributed by atoms with Gasteiger partial charge in [-0.1, -0.05) is 32.6 Å². The number of nitrogens with two attached hydrogens (primary N) is 1. The van der Waals surface area contributed by atoms with Crippen molar-refractivity contribution in [2.75, 3.05) is 6.54 Å². The van der Waals surface area contributed by atoms with E-state index in [1.165, 1.54) is 32.1 Å². The third kappa shape index (κ3) is 1.72. The molecule has 0 bridgehead atoms. The Labute approximate surface area is 64.0 Å². The van der Waals surface area contributed by atoms with Crippen molar-refractivity contribution in [2.45, 2.75) is 39.0 Å². The molecule has 1 rings (SSSR count). The van der Waals surface area contributed by atoms with Crippen LogP contribution in [0.2, 0.25) is 0 Å². The third-order valence-electron chi connectivity index (χ3n) is 2.78. The van der Waals surface area contributed by atoms with Gasteiger partial charge in [-0.05, 0) is 24.8 Å². The van der Waals surface area contributed by atoms with E-state index in [2.05, 4.69) is 6.92 Å². The van der Waals surface area contributed by atoms with Gasteiger partial charge in [-0.3, -0.25) is 0 Å². The van der Waals surface area contributed by atoms with Crippen LogP contribution >= 0.6 is 0 Å². The van der Waals surface area contributed by atoms with Crippen molar-refractivity contribution in [1.29, 1.82) is 0 Å². The van der Waals surface area contributed by atoms with Crippen LogP contribution in [0.5, 0.6) is 0 Å². The molecule has 1 nitrogen and oxygen atoms in total. The first-order valence-corrected chi connectivity index (χ1v) is 4.58. The van der Waals surface area contributed by atoms with Crippen molar-refractivity contribution in [2.24, 2.45) is 17.6 Å². The molecule has 2 N–H and O–H groups in total. The topological polar surface area (TPSA) is 26.0 Å². The van der Waals surface area contributed by atoms with Gasteiger partial charge in [0.2, 0.25) is 0 Å². The summed E-state index contributed by atoms with van der Waals surface area (Å²) < 4.78 is 0. The number of rotatable bonds is 3. The Bertz CT molecular complexity index is 90.7. The van der Waals surface area contributed by atoms with E-state index in [1.54, 1.807) is 0 Å². The first-order valence-electron chi connectivity index (χ1n) is 4.58. The Morgan fingerprint density at radius 1 is 1.30 bits per heavy atom. The van der Waals surface area contributed by atoms with Gasteiger partial charge in [0.1, 0.15) is 0 Å². The molecule has 0 amide bonds. The Hall–Kier alpha value is -0.0400. The quantitative estimate of drug-likeness (QED) is 0.640. The summed E-state index contributed by atoms with van der Waals surface area (Å²) in [6.45, 7) is 3.19. The highest BCUT2D eigenvalue weighted by Gasteiger charge is 2.24. The van der Waals surface area contributed by atoms with Crippen molar-refractivity contribution in [3.8, 4) is 0 Å². The van der Waals surface area contributed by atoms with Gasteiger partial charge in [0.05, 0.1) is 0 Å². The standard InChI is InChI=1S/C9H19N/c1-2-4-8-5-3-6-9(8)7-10/h8-9H,2-7,10H2,1H3/t8-,9+/m0/s1. The second-order valence-electron chi connectivity index (χ2n) is 3.48. The molecule has 0 heterocycles. The minimum Gasteiger partial charge on any atom is -0.330 e. The summed E-state index contributed by atoms with van der Waals surface area (Å²) in [5.74, 6) is 1.83. The lowest BCUT2D eigenvalue weighted by Gasteiger charge is -2.15. The normalized spacial score (nSPS) is 33.0. The maximum Gasteiger partial charge on any atom is -0.00462 e. The molecule has 1 fully saturated rings. The van der Waals surface area contributed by atoms with Gasteiger partial charge in [0, 0.05) is 0 Å². The van der Waals surface area contributed by atoms with Crippen LogP contribution in [0.1, 0.15) is 39.0 Å². The molecule has 0 spiro atoms. The van der Waals surface area contributed by atoms with Gasteiger partial charge in [-0.2, -0.15) is 0 Å². The van der Waals surface area contributed by atoms with E-state index < -0.39 is 0 Å². The summed E-state index contributed by atoms with van der Waals surface area (Å²) in [5, 5.41) is 0. The smallest absolute Gasteiger partial charge is 0.00462 e. The van der Waals surface area contributed by atoms with Gasteiger partial charge in [0.15, 0.2) is 0 Å². The van der Waals surface area contributed by atoms with Gasteiger partial charge < -0.3 is 5.73 Å². The molecule has 0 aliphatic heterocycles. The molecule has 0 saturated heterocycles. The lowest BCUT2D eigenvalue weighted by atomic mass is 9.92. The summed E-state index contributed by atoms with van der Waals surface area (Å²) in [6.07, 6.45) is 6.99. The molecule has 1 heteroatoms. The van der Waals surface area contributed by atoms with E-state index in [-0.39, 0.29) is 0 Å². The van der Waals surface area contributed by atoms with Crippen LogP contribution < -0.4 is 5.73 Å². The van der Waals surface area contributed by atoms with Crippen molar-refractivity contribution >= 4 is 0 Å². The molecular formula is C9H19N. The van der Waals surface area contributed by atoms with E-state index in [0.717, 1.165) is 18.4 Å². The van der Waals surface area contributed by atoms with Crippen molar-refractivity contribution in [3.05, 3.63) is 0 Å². The van der Waals surface area contributed by atoms with E-state index in [1.807, 2.05) is 0 Å². The van der Waals surface area contributed by atoms with Crippen LogP contribution in [0.15, 0.2) is 0 Å². The van der Waals surface area contributed by atoms with Crippen molar-refractivity contribution in [3.63, 3.8) is 0 Å². The SMILES string of the molecule is CCC[C@H]1CCC[C@@H]1CN. The van der Waals surface area contributed by atoms with Gasteiger partial charge in [0.25, 0.3) is 0 Å². The fourth-order valence-corrected chi connectivity index (χ4v) is 2.17. The fourth-order valence-electron chi connectivity index (χ4n) is 2.17. The maximum absolute atomic E-state index is 5.65. The number of hydrogen-bond donors (Lipinski definition) is 1. The summed E-state index contributed by atoms with van der Waals surface area (Å²) in [6, 6.07) is 0. The zero-order valence-corrected chi connectivity index (χ0v) is 6.97. The zero-order valence-electron chi connectivity index (χ0n) is 6.97. The van der Waals surface area contributed by atoms with E-state index >= 15 is 0 Å². The summed E-state index contributed by atoms with van der Waals surface area (Å²) in [7, 11) is 0. The Kier molecular flexibility index (Phi) is 3.20. The van der Waals surface area contributed by atoms with Crippen molar-refractivity contribution < 1.29 is 0 Å². The molecule has 0 radical (unpaired) electrons. The van der Waals surface area contributed by atoms with Crippen LogP contribution in [-0.2, 0) is 0 Å². The highest BCUT2D eigenvalue weighted by molar-refractivity contribution is 4.77. The molecule has 1 aliphatic carbocycles. The van der Waals surface area contributed by atoms with Crippen LogP contribution in [0.3, 0.4) is 0 Å². The molecule has 1 saturated carbocycles. The lowest BCUT2D eigenvalue weighted by Crippen LogP contribution is -2.18. The molecular weight excluding hydrogens is 122 g/mol. The average molecular weight is 141 g/mol. The summed E-state index contributed by atoms with van der Waals surface area (Å²) >= 11 is 0. The minimum absolute atomic E-state index is 0.861. The van der Waals surface area contributed by atoms with Gasteiger partial charge in [-0.15, -0.1) is 0 Å². The lowest BCUT2D eigenvalue weighted by molar-refractivity contribution is 0.369. The Morgan fingerprint density at radius 2 is 2.00 bits per heavy atom. The van der Waals surface area contributed by atoms with E-state index in [0.29, 0.717) is 0 Å². The van der Waals surface area contributed by atoms with Crippen LogP contribution in [-0.4, -0.2) is 6.54 Å². The van der Waals surface area contributed by atoms with Crippen LogP contribution in [0, 0.1) is 11.8 Å². The molecule has 10 heavy (non-hydrogen) atoms. The molecule has 1 aliphatic rings. The monoisotopic (exact) mass is 141 g/mol. The predicted molar refractivity (Wildman–Crippen MR) is 44.8 cm³/mol. The van der Waals surface area contributed by atoms with E-state index in [9.17, 15) is 0 Å². The van der Waals surface area contributed by atoms with Gasteiger partial charge in [-0.25, -0.2) is 0 Å². The Balaban J connectivity index is 2.27. The minimum atomic E-state index is 0.861. The predicted octanol–water partition coefficient (Wildman–Crippen LogP) is 2.16. The molecule has 0 unspecified atom stereocenters. The van der Waals surface area contributed by atoms with Crippen molar-refractivity contribution in [1.82, 2.24) is 0 Å². The summed E-state index contributed by atoms with van der Waals surface area (Å²) in [5.41, 5.74) is 5.65. The fraction of sp³-hybridized carbons (Fsp3) is 1.00. The van der Waals surface area contributed by atoms with Crippen LogP contribution in [0.4, 0.5) is 0 Å². The number of hydrogen-bond acceptors (Lipinski definition) is 1. The molecule has 0 aromatic rings. The molecule has 2 atom stereocenters. The Morgan fingerprint density at radius 3 is 2.60 bits per heavy atom. The van der Waals surface area contributed by atoms with Gasteiger partial charge >= 0.3 is 0 Å². The van der Waals surface area contributed by atoms with E-state index in [4.69, 9.17) is 5.73 Å². The maximum atomic E-state index is 5.65. The zero-order chi connectivity index (χ0) is 7.40. The largest absolute Gasteiger partial charge is 0.330 e. The average Bonchev–Trinajstić information content (AvgIpc) is 2.36. The third-order valence-corrected chi connectivity index (χ3v) is 2.78. The van der Waals surface area contributed by atoms with Crippen LogP contribution in [0.25, 0.3) is 0 Å². The molecule has 0 aromatic carbocycles. The second-order valence-corrected chi connectivity index (χ2v) is 3.48. The highest BCUT2D eigenvalue weighted by atomic mass is 14.6. The highest BCUT2D eigenvalue weighted by Crippen LogP contribution is 2.33. The molecule has 0 aromatic heterocycles. The second kappa shape index (κ2) is 3.97. The first kappa shape index (κ1) is 8.06. The first-order chi connectivity index (χ1) is 4.88.